The summed E-state index contributed by atoms with van der Waals surface area (Å²) in [5, 5.41) is 4.73. The third kappa shape index (κ3) is 1.89. The Labute approximate surface area is 122 Å². The van der Waals surface area contributed by atoms with Crippen molar-refractivity contribution in [2.75, 3.05) is 20.2 Å². The van der Waals surface area contributed by atoms with Gasteiger partial charge in [0.1, 0.15) is 5.75 Å². The number of nitrogens with one attached hydrogen (secondary N) is 1. The van der Waals surface area contributed by atoms with E-state index in [2.05, 4.69) is 51.9 Å². The van der Waals surface area contributed by atoms with Crippen LogP contribution in [0.1, 0.15) is 23.6 Å². The van der Waals surface area contributed by atoms with Crippen LogP contribution in [0, 0.1) is 6.92 Å². The Morgan fingerprint density at radius 1 is 1.42 bits per heavy atom. The number of methoxy groups -OCH3 is 1. The zero-order chi connectivity index (χ0) is 13.6. The normalized spacial score (nSPS) is 19.3. The minimum absolute atomic E-state index is 0.580. The molecular formula is C15H19BrN2O. The smallest absolute Gasteiger partial charge is 0.143 e. The first-order valence-electron chi connectivity index (χ1n) is 6.67. The zero-order valence-electron chi connectivity index (χ0n) is 11.6. The van der Waals surface area contributed by atoms with E-state index in [0.29, 0.717) is 5.92 Å². The molecule has 0 radical (unpaired) electrons. The molecule has 1 aromatic heterocycles. The molecule has 1 aliphatic rings. The van der Waals surface area contributed by atoms with Crippen LogP contribution in [0.2, 0.25) is 0 Å². The number of nitrogens with zero attached hydrogens (tertiary/aromatic N) is 1. The minimum Gasteiger partial charge on any atom is -0.495 e. The summed E-state index contributed by atoms with van der Waals surface area (Å²) < 4.78 is 9.06. The van der Waals surface area contributed by atoms with Crippen LogP contribution in [-0.4, -0.2) is 24.8 Å². The van der Waals surface area contributed by atoms with Crippen LogP contribution in [-0.2, 0) is 7.05 Å². The Morgan fingerprint density at radius 3 is 2.84 bits per heavy atom. The Bertz CT molecular complexity index is 627. The quantitative estimate of drug-likeness (QED) is 0.917. The maximum atomic E-state index is 5.54. The molecule has 0 saturated carbocycles. The third-order valence-corrected chi connectivity index (χ3v) is 4.96. The van der Waals surface area contributed by atoms with Crippen molar-refractivity contribution >= 4 is 26.8 Å². The molecule has 3 nitrogen and oxygen atoms in total. The van der Waals surface area contributed by atoms with Crippen molar-refractivity contribution in [3.05, 3.63) is 27.9 Å². The second-order valence-electron chi connectivity index (χ2n) is 5.26. The molecule has 19 heavy (non-hydrogen) atoms. The maximum absolute atomic E-state index is 5.54. The summed E-state index contributed by atoms with van der Waals surface area (Å²) in [6.45, 7) is 4.32. The lowest BCUT2D eigenvalue weighted by Crippen LogP contribution is -2.10. The van der Waals surface area contributed by atoms with E-state index in [1.165, 1.54) is 33.1 Å². The van der Waals surface area contributed by atoms with E-state index in [1.54, 1.807) is 7.11 Å². The van der Waals surface area contributed by atoms with E-state index in [-0.39, 0.29) is 0 Å². The van der Waals surface area contributed by atoms with Crippen LogP contribution in [0.15, 0.2) is 16.6 Å². The average Bonchev–Trinajstić information content (AvgIpc) is 2.99. The fraction of sp³-hybridized carbons (Fsp3) is 0.467. The van der Waals surface area contributed by atoms with Gasteiger partial charge in [-0.2, -0.15) is 0 Å². The average molecular weight is 323 g/mol. The van der Waals surface area contributed by atoms with Crippen LogP contribution in [0.3, 0.4) is 0 Å². The molecule has 1 aliphatic heterocycles. The molecule has 1 fully saturated rings. The number of rotatable bonds is 2. The van der Waals surface area contributed by atoms with Crippen LogP contribution in [0.4, 0.5) is 0 Å². The highest BCUT2D eigenvalue weighted by atomic mass is 79.9. The van der Waals surface area contributed by atoms with Crippen molar-refractivity contribution in [2.24, 2.45) is 7.05 Å². The van der Waals surface area contributed by atoms with Gasteiger partial charge in [0.05, 0.1) is 12.6 Å². The van der Waals surface area contributed by atoms with Gasteiger partial charge in [-0.25, -0.2) is 0 Å². The third-order valence-electron chi connectivity index (χ3n) is 4.16. The summed E-state index contributed by atoms with van der Waals surface area (Å²) >= 11 is 3.82. The highest BCUT2D eigenvalue weighted by Gasteiger charge is 2.26. The van der Waals surface area contributed by atoms with Crippen molar-refractivity contribution in [1.29, 1.82) is 0 Å². The summed E-state index contributed by atoms with van der Waals surface area (Å²) in [6, 6.07) is 4.18. The molecule has 1 N–H and O–H groups in total. The van der Waals surface area contributed by atoms with Gasteiger partial charge in [-0.15, -0.1) is 0 Å². The second-order valence-corrected chi connectivity index (χ2v) is 6.05. The molecule has 1 atom stereocenters. The van der Waals surface area contributed by atoms with Gasteiger partial charge in [0, 0.05) is 35.1 Å². The van der Waals surface area contributed by atoms with Gasteiger partial charge in [-0.1, -0.05) is 6.07 Å². The monoisotopic (exact) mass is 322 g/mol. The molecule has 3 rings (SSSR count). The number of hydrogen-bond donors (Lipinski definition) is 1. The molecule has 1 saturated heterocycles. The van der Waals surface area contributed by atoms with E-state index >= 15 is 0 Å². The van der Waals surface area contributed by atoms with E-state index in [9.17, 15) is 0 Å². The number of hydrogen-bond acceptors (Lipinski definition) is 2. The summed E-state index contributed by atoms with van der Waals surface area (Å²) in [7, 11) is 3.88. The van der Waals surface area contributed by atoms with Crippen molar-refractivity contribution in [1.82, 2.24) is 9.88 Å². The summed E-state index contributed by atoms with van der Waals surface area (Å²) in [5.41, 5.74) is 3.86. The summed E-state index contributed by atoms with van der Waals surface area (Å²) in [5.74, 6) is 1.52. The summed E-state index contributed by atoms with van der Waals surface area (Å²) in [6.07, 6.45) is 1.20. The number of halogens is 1. The molecule has 0 bridgehead atoms. The van der Waals surface area contributed by atoms with Crippen molar-refractivity contribution in [3.8, 4) is 5.75 Å². The molecule has 2 aromatic rings. The molecule has 2 heterocycles. The highest BCUT2D eigenvalue weighted by Crippen LogP contribution is 2.41. The van der Waals surface area contributed by atoms with Gasteiger partial charge in [0.25, 0.3) is 0 Å². The van der Waals surface area contributed by atoms with E-state index < -0.39 is 0 Å². The van der Waals surface area contributed by atoms with E-state index in [1.807, 2.05) is 0 Å². The van der Waals surface area contributed by atoms with Crippen LogP contribution >= 0.6 is 15.9 Å². The van der Waals surface area contributed by atoms with Crippen LogP contribution in [0.25, 0.3) is 10.9 Å². The first-order chi connectivity index (χ1) is 9.15. The van der Waals surface area contributed by atoms with Gasteiger partial charge < -0.3 is 14.6 Å². The molecule has 4 heteroatoms. The van der Waals surface area contributed by atoms with Gasteiger partial charge in [-0.05, 0) is 47.4 Å². The number of fused-ring (bicyclic) bond motifs is 1. The second kappa shape index (κ2) is 4.84. The lowest BCUT2D eigenvalue weighted by atomic mass is 10.0. The van der Waals surface area contributed by atoms with Crippen molar-refractivity contribution < 1.29 is 4.74 Å². The number of aromatic nitrogens is 1. The molecule has 0 aliphatic carbocycles. The van der Waals surface area contributed by atoms with Crippen LogP contribution in [0.5, 0.6) is 5.75 Å². The largest absolute Gasteiger partial charge is 0.495 e. The van der Waals surface area contributed by atoms with E-state index in [4.69, 9.17) is 4.74 Å². The zero-order valence-corrected chi connectivity index (χ0v) is 13.2. The van der Waals surface area contributed by atoms with E-state index in [0.717, 1.165) is 18.8 Å². The number of aryl methyl sites for hydroxylation is 2. The number of benzene rings is 1. The van der Waals surface area contributed by atoms with Crippen molar-refractivity contribution in [3.63, 3.8) is 0 Å². The van der Waals surface area contributed by atoms with Gasteiger partial charge in [-0.3, -0.25) is 0 Å². The van der Waals surface area contributed by atoms with Gasteiger partial charge in [0.15, 0.2) is 0 Å². The molecular weight excluding hydrogens is 304 g/mol. The molecule has 1 unspecified atom stereocenters. The maximum Gasteiger partial charge on any atom is 0.143 e. The topological polar surface area (TPSA) is 26.2 Å². The Balaban J connectivity index is 2.32. The lowest BCUT2D eigenvalue weighted by molar-refractivity contribution is 0.417. The minimum atomic E-state index is 0.580. The molecule has 1 aromatic carbocycles. The van der Waals surface area contributed by atoms with Crippen molar-refractivity contribution in [2.45, 2.75) is 19.3 Å². The molecule has 0 spiro atoms. The van der Waals surface area contributed by atoms with Gasteiger partial charge >= 0.3 is 0 Å². The van der Waals surface area contributed by atoms with Gasteiger partial charge in [0.2, 0.25) is 0 Å². The SMILES string of the molecule is COc1ccc(C)c2c(Br)c(C3CCNC3)n(C)c12. The Kier molecular flexibility index (Phi) is 3.31. The number of ether oxygens (including phenoxy) is 1. The fourth-order valence-electron chi connectivity index (χ4n) is 3.18. The summed E-state index contributed by atoms with van der Waals surface area (Å²) in [4.78, 5) is 0. The molecule has 0 amide bonds. The fourth-order valence-corrected chi connectivity index (χ4v) is 4.27. The lowest BCUT2D eigenvalue weighted by Gasteiger charge is -2.12. The standard InChI is InChI=1S/C15H19BrN2O/c1-9-4-5-11(19-3)15-12(9)13(16)14(18(15)2)10-6-7-17-8-10/h4-5,10,17H,6-8H2,1-3H3. The highest BCUT2D eigenvalue weighted by molar-refractivity contribution is 9.10. The Morgan fingerprint density at radius 2 is 2.21 bits per heavy atom. The molecule has 102 valence electrons. The first kappa shape index (κ1) is 13.0. The predicted octanol–water partition coefficient (Wildman–Crippen LogP) is 3.33. The van der Waals surface area contributed by atoms with Crippen LogP contribution < -0.4 is 10.1 Å². The Hall–Kier alpha value is -1.00. The predicted molar refractivity (Wildman–Crippen MR) is 82.1 cm³/mol. The first-order valence-corrected chi connectivity index (χ1v) is 7.46.